The molecular weight excluding hydrogens is 611 g/mol. The number of aryl methyl sites for hydroxylation is 4. The van der Waals surface area contributed by atoms with Crippen LogP contribution >= 0.6 is 0 Å². The van der Waals surface area contributed by atoms with Crippen molar-refractivity contribution in [1.82, 2.24) is 0 Å². The van der Waals surface area contributed by atoms with Gasteiger partial charge in [-0.25, -0.2) is 0 Å². The van der Waals surface area contributed by atoms with Gasteiger partial charge in [0.15, 0.2) is 0 Å². The maximum Gasteiger partial charge on any atom is 4.00 e. The summed E-state index contributed by atoms with van der Waals surface area (Å²) < 4.78 is 0. The predicted molar refractivity (Wildman–Crippen MR) is 160 cm³/mol. The quantitative estimate of drug-likeness (QED) is 0.129. The normalized spacial score (nSPS) is 10.5. The molecule has 37 heavy (non-hydrogen) atoms. The zero-order valence-corrected chi connectivity index (χ0v) is 25.9. The van der Waals surface area contributed by atoms with Gasteiger partial charge in [-0.3, -0.25) is 0 Å². The Balaban J connectivity index is 0.00000127. The summed E-state index contributed by atoms with van der Waals surface area (Å²) in [6.45, 7) is 4.55. The molecule has 6 aromatic rings. The summed E-state index contributed by atoms with van der Waals surface area (Å²) in [5, 5.41) is 5.54. The van der Waals surface area contributed by atoms with Crippen LogP contribution in [-0.2, 0) is 38.7 Å². The molecule has 6 rings (SSSR count). The third-order valence-corrected chi connectivity index (χ3v) is 7.29. The molecule has 0 atom stereocenters. The summed E-state index contributed by atoms with van der Waals surface area (Å²) >= 11 is 0. The third-order valence-electron chi connectivity index (χ3n) is 7.29. The molecule has 0 aliphatic heterocycles. The first-order chi connectivity index (χ1) is 16.7. The van der Waals surface area contributed by atoms with Crippen LogP contribution in [0.2, 0.25) is 0 Å². The monoisotopic (exact) mass is 646 g/mol. The van der Waals surface area contributed by atoms with Gasteiger partial charge in [0.05, 0.1) is 0 Å². The largest absolute Gasteiger partial charge is 4.00 e. The van der Waals surface area contributed by atoms with Crippen LogP contribution in [0.4, 0.5) is 0 Å². The van der Waals surface area contributed by atoms with E-state index in [1.807, 2.05) is 0 Å². The molecule has 0 N–H and O–H groups in total. The van der Waals surface area contributed by atoms with Crippen LogP contribution in [0.5, 0.6) is 0 Å². The Bertz CT molecular complexity index is 1470. The second-order valence-electron chi connectivity index (χ2n) is 9.38. The number of fused-ring (bicyclic) bond motifs is 2. The van der Waals surface area contributed by atoms with Crippen LogP contribution in [0.3, 0.4) is 0 Å². The van der Waals surface area contributed by atoms with E-state index in [0.717, 1.165) is 12.8 Å². The number of benzene rings is 4. The molecule has 0 saturated heterocycles. The molecule has 0 nitrogen and oxygen atoms in total. The first kappa shape index (κ1) is 28.5. The van der Waals surface area contributed by atoms with Crippen molar-refractivity contribution in [1.29, 1.82) is 0 Å². The van der Waals surface area contributed by atoms with Gasteiger partial charge < -0.3 is 14.9 Å². The molecule has 0 unspecified atom stereocenters. The first-order valence-corrected chi connectivity index (χ1v) is 12.2. The van der Waals surface area contributed by atoms with Crippen LogP contribution in [0.15, 0.2) is 109 Å². The maximum absolute atomic E-state index is 2.36. The Morgan fingerprint density at radius 1 is 0.486 bits per heavy atom. The number of rotatable bonds is 5. The standard InChI is InChI=1S/C34H28.2CH3.Hf/c1-23-21-27-15-9-17-31(25-11-5-3-6-12-25)33(27)29(23)19-20-30-24(2)22-28-16-10-18-32(34(28)30)26-13-7-4-8-14-26;;;/h3-18,21-22H,19-20H2,1-2H3;2*1H3;/q-2;2*-1;+4. The van der Waals surface area contributed by atoms with E-state index < -0.39 is 0 Å². The summed E-state index contributed by atoms with van der Waals surface area (Å²) in [6, 6.07) is 39.8. The Morgan fingerprint density at radius 2 is 0.865 bits per heavy atom. The van der Waals surface area contributed by atoms with Gasteiger partial charge in [0.1, 0.15) is 0 Å². The fourth-order valence-electron chi connectivity index (χ4n) is 5.70. The number of hydrogen-bond acceptors (Lipinski definition) is 0. The third kappa shape index (κ3) is 5.20. The molecule has 0 aromatic heterocycles. The molecule has 0 spiro atoms. The summed E-state index contributed by atoms with van der Waals surface area (Å²) in [7, 11) is 0. The van der Waals surface area contributed by atoms with E-state index in [1.165, 1.54) is 66.1 Å². The van der Waals surface area contributed by atoms with Gasteiger partial charge in [0, 0.05) is 0 Å². The molecule has 0 radical (unpaired) electrons. The zero-order valence-electron chi connectivity index (χ0n) is 22.3. The van der Waals surface area contributed by atoms with Crippen molar-refractivity contribution in [2.45, 2.75) is 26.7 Å². The molecule has 182 valence electrons. The average Bonchev–Trinajstić information content (AvgIpc) is 3.38. The van der Waals surface area contributed by atoms with E-state index in [2.05, 4.69) is 123 Å². The zero-order chi connectivity index (χ0) is 23.1. The maximum atomic E-state index is 2.36. The topological polar surface area (TPSA) is 0 Å². The smallest absolute Gasteiger partial charge is 0.358 e. The second kappa shape index (κ2) is 12.0. The molecule has 0 bridgehead atoms. The molecular formula is C36H34Hf. The van der Waals surface area contributed by atoms with E-state index in [9.17, 15) is 0 Å². The van der Waals surface area contributed by atoms with Crippen molar-refractivity contribution in [3.63, 3.8) is 0 Å². The van der Waals surface area contributed by atoms with Gasteiger partial charge in [-0.2, -0.15) is 11.1 Å². The van der Waals surface area contributed by atoms with Crippen LogP contribution in [0.25, 0.3) is 43.8 Å². The molecule has 0 saturated carbocycles. The molecule has 0 heterocycles. The molecule has 0 fully saturated rings. The van der Waals surface area contributed by atoms with Gasteiger partial charge in [-0.05, 0) is 11.1 Å². The number of hydrogen-bond donors (Lipinski definition) is 0. The van der Waals surface area contributed by atoms with E-state index in [-0.39, 0.29) is 40.7 Å². The Hall–Kier alpha value is -3.03. The first-order valence-electron chi connectivity index (χ1n) is 12.2. The fraction of sp³-hybridized carbons (Fsp3) is 0.111. The minimum atomic E-state index is 0. The summed E-state index contributed by atoms with van der Waals surface area (Å²) in [5.74, 6) is 0. The van der Waals surface area contributed by atoms with Gasteiger partial charge in [-0.15, -0.1) is 69.1 Å². The SMILES string of the molecule is Cc1[cH-]c2cccc(-c3ccccc3)c2c1CCc1c(C)[cH-]c2cccc(-c3ccccc3)c12.[CH3-].[CH3-].[Hf+4]. The fourth-order valence-corrected chi connectivity index (χ4v) is 5.70. The molecule has 0 amide bonds. The molecule has 0 aliphatic rings. The van der Waals surface area contributed by atoms with Crippen molar-refractivity contribution in [3.8, 4) is 22.3 Å². The van der Waals surface area contributed by atoms with Crippen molar-refractivity contribution >= 4 is 21.5 Å². The summed E-state index contributed by atoms with van der Waals surface area (Å²) in [6.07, 6.45) is 2.09. The average molecular weight is 645 g/mol. The van der Waals surface area contributed by atoms with Gasteiger partial charge in [0.25, 0.3) is 0 Å². The van der Waals surface area contributed by atoms with Crippen molar-refractivity contribution in [3.05, 3.63) is 146 Å². The Kier molecular flexibility index (Phi) is 9.26. The van der Waals surface area contributed by atoms with E-state index in [4.69, 9.17) is 0 Å². The minimum absolute atomic E-state index is 0. The molecule has 6 aromatic carbocycles. The van der Waals surface area contributed by atoms with Gasteiger partial charge in [-0.1, -0.05) is 111 Å². The van der Waals surface area contributed by atoms with Crippen LogP contribution in [0, 0.1) is 28.7 Å². The van der Waals surface area contributed by atoms with Crippen LogP contribution in [0.1, 0.15) is 22.3 Å². The van der Waals surface area contributed by atoms with E-state index >= 15 is 0 Å². The summed E-state index contributed by atoms with van der Waals surface area (Å²) in [5.41, 5.74) is 11.0. The van der Waals surface area contributed by atoms with E-state index in [1.54, 1.807) is 0 Å². The Labute approximate surface area is 241 Å². The van der Waals surface area contributed by atoms with Gasteiger partial charge >= 0.3 is 25.8 Å². The second-order valence-corrected chi connectivity index (χ2v) is 9.38. The molecule has 1 heteroatoms. The van der Waals surface area contributed by atoms with Crippen molar-refractivity contribution < 1.29 is 25.8 Å². The molecule has 0 aliphatic carbocycles. The van der Waals surface area contributed by atoms with E-state index in [0.29, 0.717) is 0 Å². The summed E-state index contributed by atoms with van der Waals surface area (Å²) in [4.78, 5) is 0. The predicted octanol–water partition coefficient (Wildman–Crippen LogP) is 10.1. The van der Waals surface area contributed by atoms with Crippen LogP contribution < -0.4 is 0 Å². The van der Waals surface area contributed by atoms with Crippen molar-refractivity contribution in [2.75, 3.05) is 0 Å². The van der Waals surface area contributed by atoms with Crippen molar-refractivity contribution in [2.24, 2.45) is 0 Å². The Morgan fingerprint density at radius 3 is 1.24 bits per heavy atom. The van der Waals surface area contributed by atoms with Crippen LogP contribution in [-0.4, -0.2) is 0 Å². The van der Waals surface area contributed by atoms with Gasteiger partial charge in [0.2, 0.25) is 0 Å². The minimum Gasteiger partial charge on any atom is -0.358 e.